The lowest BCUT2D eigenvalue weighted by Crippen LogP contribution is -1.92. The highest BCUT2D eigenvalue weighted by Crippen LogP contribution is 2.52. The van der Waals surface area contributed by atoms with Gasteiger partial charge in [-0.1, -0.05) is 36.3 Å². The van der Waals surface area contributed by atoms with E-state index in [2.05, 4.69) is 48.7 Å². The SMILES string of the molecule is CO[P+](=O)OP(=O)(O)C=CCC(C)CCC=C(C)CCC=C(C)C. The van der Waals surface area contributed by atoms with Gasteiger partial charge in [0.1, 0.15) is 0 Å². The zero-order valence-electron chi connectivity index (χ0n) is 15.4. The Kier molecular flexibility index (Phi) is 12.4. The zero-order chi connectivity index (χ0) is 18.6. The highest BCUT2D eigenvalue weighted by atomic mass is 31.2. The van der Waals surface area contributed by atoms with Crippen LogP contribution in [-0.2, 0) is 18.0 Å². The van der Waals surface area contributed by atoms with Gasteiger partial charge >= 0.3 is 15.9 Å². The molecular weight excluding hydrogens is 346 g/mol. The Labute approximate surface area is 147 Å². The molecule has 0 bridgehead atoms. The minimum absolute atomic E-state index is 0.388. The topological polar surface area (TPSA) is 72.8 Å². The maximum absolute atomic E-state index is 11.6. The Hall–Kier alpha value is -0.570. The molecule has 0 aromatic rings. The summed E-state index contributed by atoms with van der Waals surface area (Å²) in [6.07, 6.45) is 11.0. The molecule has 0 aromatic heterocycles. The normalized spacial score (nSPS) is 16.8. The second-order valence-corrected chi connectivity index (χ2v) is 9.12. The summed E-state index contributed by atoms with van der Waals surface area (Å²) in [5, 5.41) is 0. The lowest BCUT2D eigenvalue weighted by molar-refractivity contribution is 0.324. The average molecular weight is 377 g/mol. The van der Waals surface area contributed by atoms with Crippen molar-refractivity contribution in [1.29, 1.82) is 0 Å². The lowest BCUT2D eigenvalue weighted by atomic mass is 10.0. The number of hydrogen-bond acceptors (Lipinski definition) is 4. The predicted molar refractivity (Wildman–Crippen MR) is 100 cm³/mol. The molecule has 3 unspecified atom stereocenters. The molecule has 7 heteroatoms. The molecule has 0 saturated carbocycles. The van der Waals surface area contributed by atoms with Gasteiger partial charge in [0.25, 0.3) is 0 Å². The fraction of sp³-hybridized carbons (Fsp3) is 0.647. The molecule has 0 aliphatic rings. The molecule has 0 spiro atoms. The third-order valence-corrected chi connectivity index (χ3v) is 5.76. The van der Waals surface area contributed by atoms with Gasteiger partial charge in [0.2, 0.25) is 0 Å². The molecule has 24 heavy (non-hydrogen) atoms. The van der Waals surface area contributed by atoms with Crippen molar-refractivity contribution in [3.05, 3.63) is 35.2 Å². The third-order valence-electron chi connectivity index (χ3n) is 3.41. The van der Waals surface area contributed by atoms with Crippen molar-refractivity contribution >= 4 is 15.9 Å². The molecular formula is C17H31O5P2+. The van der Waals surface area contributed by atoms with Crippen molar-refractivity contribution in [3.8, 4) is 0 Å². The van der Waals surface area contributed by atoms with Crippen molar-refractivity contribution in [3.63, 3.8) is 0 Å². The summed E-state index contributed by atoms with van der Waals surface area (Å²) in [6.45, 7) is 8.46. The number of hydrogen-bond donors (Lipinski definition) is 1. The molecule has 0 aliphatic carbocycles. The van der Waals surface area contributed by atoms with Gasteiger partial charge in [-0.05, 0) is 63.1 Å². The van der Waals surface area contributed by atoms with E-state index < -0.39 is 15.9 Å². The first-order chi connectivity index (χ1) is 11.2. The van der Waals surface area contributed by atoms with Crippen molar-refractivity contribution in [2.75, 3.05) is 7.11 Å². The fourth-order valence-electron chi connectivity index (χ4n) is 2.01. The van der Waals surface area contributed by atoms with Gasteiger partial charge in [-0.15, -0.1) is 4.52 Å². The molecule has 138 valence electrons. The molecule has 5 nitrogen and oxygen atoms in total. The minimum atomic E-state index is -3.99. The summed E-state index contributed by atoms with van der Waals surface area (Å²) in [5.41, 5.74) is 2.75. The van der Waals surface area contributed by atoms with E-state index in [1.165, 1.54) is 11.1 Å². The van der Waals surface area contributed by atoms with E-state index in [-0.39, 0.29) is 0 Å². The summed E-state index contributed by atoms with van der Waals surface area (Å²) in [4.78, 5) is 9.47. The van der Waals surface area contributed by atoms with E-state index in [1.807, 2.05) is 0 Å². The van der Waals surface area contributed by atoms with Gasteiger partial charge in [-0.2, -0.15) is 0 Å². The van der Waals surface area contributed by atoms with Crippen LogP contribution < -0.4 is 0 Å². The first-order valence-corrected chi connectivity index (χ1v) is 10.9. The molecule has 0 aromatic carbocycles. The number of allylic oxidation sites excluding steroid dienone is 5. The van der Waals surface area contributed by atoms with Gasteiger partial charge in [0.05, 0.1) is 7.11 Å². The summed E-state index contributed by atoms with van der Waals surface area (Å²) in [7, 11) is -5.39. The summed E-state index contributed by atoms with van der Waals surface area (Å²) in [5.74, 6) is 1.47. The largest absolute Gasteiger partial charge is 0.706 e. The van der Waals surface area contributed by atoms with Gasteiger partial charge in [-0.3, -0.25) is 4.57 Å². The van der Waals surface area contributed by atoms with Gasteiger partial charge in [0, 0.05) is 10.4 Å². The maximum Gasteiger partial charge on any atom is 0.706 e. The van der Waals surface area contributed by atoms with Gasteiger partial charge in [0.15, 0.2) is 0 Å². The van der Waals surface area contributed by atoms with Crippen LogP contribution in [0.15, 0.2) is 35.2 Å². The number of rotatable bonds is 12. The monoisotopic (exact) mass is 377 g/mol. The summed E-state index contributed by atoms with van der Waals surface area (Å²) in [6, 6.07) is 0. The Morgan fingerprint density at radius 3 is 2.50 bits per heavy atom. The quantitative estimate of drug-likeness (QED) is 0.310. The minimum Gasteiger partial charge on any atom is -0.319 e. The molecule has 0 saturated heterocycles. The van der Waals surface area contributed by atoms with E-state index in [0.29, 0.717) is 12.3 Å². The van der Waals surface area contributed by atoms with E-state index >= 15 is 0 Å². The Morgan fingerprint density at radius 2 is 1.92 bits per heavy atom. The van der Waals surface area contributed by atoms with Crippen molar-refractivity contribution in [2.24, 2.45) is 5.92 Å². The van der Waals surface area contributed by atoms with Crippen LogP contribution in [0.2, 0.25) is 0 Å². The van der Waals surface area contributed by atoms with Gasteiger partial charge < -0.3 is 4.89 Å². The van der Waals surface area contributed by atoms with Crippen LogP contribution in [-0.4, -0.2) is 12.0 Å². The zero-order valence-corrected chi connectivity index (χ0v) is 17.2. The molecule has 0 radical (unpaired) electrons. The first-order valence-electron chi connectivity index (χ1n) is 8.16. The van der Waals surface area contributed by atoms with Crippen LogP contribution in [0.3, 0.4) is 0 Å². The third kappa shape index (κ3) is 13.8. The Bertz CT molecular complexity index is 519. The lowest BCUT2D eigenvalue weighted by Gasteiger charge is -2.07. The van der Waals surface area contributed by atoms with Crippen LogP contribution in [0.1, 0.15) is 59.8 Å². The van der Waals surface area contributed by atoms with E-state index in [4.69, 9.17) is 0 Å². The highest BCUT2D eigenvalue weighted by Gasteiger charge is 2.32. The molecule has 0 amide bonds. The smallest absolute Gasteiger partial charge is 0.319 e. The van der Waals surface area contributed by atoms with Crippen LogP contribution in [0.25, 0.3) is 0 Å². The molecule has 3 atom stereocenters. The molecule has 0 aliphatic heterocycles. The average Bonchev–Trinajstić information content (AvgIpc) is 2.45. The van der Waals surface area contributed by atoms with Crippen LogP contribution >= 0.6 is 15.9 Å². The van der Waals surface area contributed by atoms with Crippen LogP contribution in [0.4, 0.5) is 0 Å². The Balaban J connectivity index is 4.11. The van der Waals surface area contributed by atoms with Crippen molar-refractivity contribution in [2.45, 2.75) is 59.8 Å². The fourth-order valence-corrected chi connectivity index (χ4v) is 3.64. The van der Waals surface area contributed by atoms with E-state index in [1.54, 1.807) is 6.08 Å². The second kappa shape index (κ2) is 12.7. The predicted octanol–water partition coefficient (Wildman–Crippen LogP) is 6.51. The van der Waals surface area contributed by atoms with E-state index in [9.17, 15) is 14.0 Å². The molecule has 1 N–H and O–H groups in total. The summed E-state index contributed by atoms with van der Waals surface area (Å²) >= 11 is 0. The molecule has 0 rings (SSSR count). The standard InChI is InChI=1S/C17H30O5P2/c1-15(2)9-6-10-16(3)11-7-12-17(4)13-8-14-24(19,20)22-23(18)21-5/h8-9,11,14,17H,6-7,10,12-13H2,1-5H3/p+1. The summed E-state index contributed by atoms with van der Waals surface area (Å²) < 4.78 is 31.3. The molecule has 0 fully saturated rings. The van der Waals surface area contributed by atoms with Crippen molar-refractivity contribution in [1.82, 2.24) is 0 Å². The second-order valence-electron chi connectivity index (χ2n) is 6.23. The maximum atomic E-state index is 11.6. The van der Waals surface area contributed by atoms with Gasteiger partial charge in [-0.25, -0.2) is 0 Å². The molecule has 0 heterocycles. The first kappa shape index (κ1) is 23.4. The van der Waals surface area contributed by atoms with Crippen LogP contribution in [0.5, 0.6) is 0 Å². The highest BCUT2D eigenvalue weighted by molar-refractivity contribution is 7.62. The van der Waals surface area contributed by atoms with Crippen molar-refractivity contribution < 1.29 is 22.9 Å². The van der Waals surface area contributed by atoms with Crippen LogP contribution in [0, 0.1) is 5.92 Å². The Morgan fingerprint density at radius 1 is 1.25 bits per heavy atom. The van der Waals surface area contributed by atoms with E-state index in [0.717, 1.165) is 38.6 Å².